The molecule has 2 heterocycles. The van der Waals surface area contributed by atoms with E-state index in [1.165, 1.54) is 11.1 Å². The van der Waals surface area contributed by atoms with Crippen LogP contribution in [0.15, 0.2) is 84.9 Å². The van der Waals surface area contributed by atoms with Gasteiger partial charge in [0.05, 0.1) is 11.1 Å². The Hall–Kier alpha value is -3.48. The van der Waals surface area contributed by atoms with Gasteiger partial charge in [-0.3, -0.25) is 0 Å². The van der Waals surface area contributed by atoms with Crippen LogP contribution in [0, 0.1) is 11.8 Å². The Morgan fingerprint density at radius 3 is 1.22 bits per heavy atom. The van der Waals surface area contributed by atoms with Crippen molar-refractivity contribution in [2.45, 2.75) is 115 Å². The predicted molar refractivity (Wildman–Crippen MR) is 184 cm³/mol. The van der Waals surface area contributed by atoms with Gasteiger partial charge < -0.3 is 20.1 Å². The zero-order valence-electron chi connectivity index (χ0n) is 28.9. The maximum atomic E-state index is 13.5. The second-order valence-corrected chi connectivity index (χ2v) is 15.9. The average Bonchev–Trinajstić information content (AvgIpc) is 2.96. The molecular weight excluding hydrogens is 572 g/mol. The van der Waals surface area contributed by atoms with Crippen molar-refractivity contribution in [2.24, 2.45) is 11.8 Å². The molecular formula is C40H52N2O4. The van der Waals surface area contributed by atoms with E-state index in [0.717, 1.165) is 12.8 Å². The summed E-state index contributed by atoms with van der Waals surface area (Å²) in [5, 5.41) is 7.56. The van der Waals surface area contributed by atoms with E-state index in [1.807, 2.05) is 36.4 Å². The fraction of sp³-hybridized carbons (Fsp3) is 0.500. The van der Waals surface area contributed by atoms with Gasteiger partial charge in [0.1, 0.15) is 12.2 Å². The molecule has 2 saturated heterocycles. The number of benzene rings is 3. The molecule has 2 N–H and O–H groups in total. The van der Waals surface area contributed by atoms with Crippen LogP contribution < -0.4 is 10.6 Å². The van der Waals surface area contributed by atoms with E-state index in [-0.39, 0.29) is 58.1 Å². The minimum Gasteiger partial charge on any atom is -0.458 e. The van der Waals surface area contributed by atoms with E-state index in [2.05, 4.69) is 90.3 Å². The summed E-state index contributed by atoms with van der Waals surface area (Å²) in [5.41, 5.74) is 2.43. The first-order valence-electron chi connectivity index (χ1n) is 16.7. The van der Waals surface area contributed by atoms with Crippen LogP contribution in [0.25, 0.3) is 0 Å². The molecule has 0 saturated carbocycles. The largest absolute Gasteiger partial charge is 0.458 e. The lowest BCUT2D eigenvalue weighted by atomic mass is 9.70. The van der Waals surface area contributed by atoms with Crippen molar-refractivity contribution in [2.75, 3.05) is 0 Å². The number of hydrogen-bond acceptors (Lipinski definition) is 6. The average molecular weight is 625 g/mol. The van der Waals surface area contributed by atoms with E-state index < -0.39 is 0 Å². The van der Waals surface area contributed by atoms with E-state index >= 15 is 0 Å². The molecule has 0 amide bonds. The quantitative estimate of drug-likeness (QED) is 0.252. The summed E-state index contributed by atoms with van der Waals surface area (Å²) in [6, 6.07) is 27.5. The lowest BCUT2D eigenvalue weighted by Crippen LogP contribution is -2.65. The van der Waals surface area contributed by atoms with Gasteiger partial charge in [0.25, 0.3) is 0 Å². The summed E-state index contributed by atoms with van der Waals surface area (Å²) in [7, 11) is 0. The van der Waals surface area contributed by atoms with Crippen LogP contribution in [-0.2, 0) is 22.3 Å². The normalized spacial score (nSPS) is 26.1. The number of esters is 2. The molecule has 46 heavy (non-hydrogen) atoms. The number of piperidine rings is 2. The van der Waals surface area contributed by atoms with Crippen LogP contribution in [0.2, 0.25) is 0 Å². The molecule has 2 fully saturated rings. The molecule has 5 rings (SSSR count). The Balaban J connectivity index is 1.29. The lowest BCUT2D eigenvalue weighted by molar-refractivity contribution is -0.0455. The number of hydrogen-bond donors (Lipinski definition) is 2. The molecule has 0 spiro atoms. The first-order valence-corrected chi connectivity index (χ1v) is 16.7. The van der Waals surface area contributed by atoms with Crippen molar-refractivity contribution in [1.82, 2.24) is 10.6 Å². The van der Waals surface area contributed by atoms with Crippen molar-refractivity contribution in [3.05, 3.63) is 107 Å². The SMILES string of the molecule is CC1(C)CC(OC(=O)c2ccc(C(=O)OC3CC(C)(C)NC(C)(C)C3Cc3ccccc3)cc2)C(Cc2ccccc2)C(C)(C)N1. The summed E-state index contributed by atoms with van der Waals surface area (Å²) < 4.78 is 12.5. The molecule has 3 aromatic rings. The van der Waals surface area contributed by atoms with Gasteiger partial charge >= 0.3 is 11.9 Å². The highest BCUT2D eigenvalue weighted by atomic mass is 16.5. The van der Waals surface area contributed by atoms with Crippen molar-refractivity contribution in [3.8, 4) is 0 Å². The smallest absolute Gasteiger partial charge is 0.338 e. The van der Waals surface area contributed by atoms with Gasteiger partial charge in [0.2, 0.25) is 0 Å². The van der Waals surface area contributed by atoms with Gasteiger partial charge in [-0.05, 0) is 104 Å². The Labute approximate surface area is 275 Å². The number of rotatable bonds is 8. The highest BCUT2D eigenvalue weighted by Crippen LogP contribution is 2.39. The topological polar surface area (TPSA) is 76.7 Å². The molecule has 0 bridgehead atoms. The highest BCUT2D eigenvalue weighted by Gasteiger charge is 2.48. The second kappa shape index (κ2) is 13.0. The van der Waals surface area contributed by atoms with Crippen LogP contribution in [0.5, 0.6) is 0 Å². The summed E-state index contributed by atoms with van der Waals surface area (Å²) >= 11 is 0. The van der Waals surface area contributed by atoms with E-state index in [4.69, 9.17) is 9.47 Å². The predicted octanol–water partition coefficient (Wildman–Crippen LogP) is 7.56. The number of carbonyl (C=O) groups is 2. The Bertz CT molecular complexity index is 1380. The van der Waals surface area contributed by atoms with Crippen LogP contribution in [0.3, 0.4) is 0 Å². The molecule has 0 aromatic heterocycles. The van der Waals surface area contributed by atoms with Crippen LogP contribution >= 0.6 is 0 Å². The monoisotopic (exact) mass is 624 g/mol. The van der Waals surface area contributed by atoms with Crippen molar-refractivity contribution < 1.29 is 19.1 Å². The van der Waals surface area contributed by atoms with Crippen LogP contribution in [0.1, 0.15) is 100 Å². The van der Waals surface area contributed by atoms with E-state index in [0.29, 0.717) is 24.0 Å². The molecule has 2 aliphatic heterocycles. The third kappa shape index (κ3) is 8.08. The minimum absolute atomic E-state index is 0.0865. The van der Waals surface area contributed by atoms with Crippen molar-refractivity contribution >= 4 is 11.9 Å². The summed E-state index contributed by atoms with van der Waals surface area (Å²) in [5.74, 6) is -0.575. The van der Waals surface area contributed by atoms with Crippen molar-refractivity contribution in [3.63, 3.8) is 0 Å². The van der Waals surface area contributed by atoms with Gasteiger partial charge in [0.15, 0.2) is 0 Å². The number of carbonyl (C=O) groups excluding carboxylic acids is 2. The second-order valence-electron chi connectivity index (χ2n) is 15.9. The fourth-order valence-corrected chi connectivity index (χ4v) is 8.16. The van der Waals surface area contributed by atoms with Crippen LogP contribution in [-0.4, -0.2) is 46.3 Å². The maximum Gasteiger partial charge on any atom is 0.338 e. The molecule has 3 aromatic carbocycles. The Kier molecular flexibility index (Phi) is 9.54. The molecule has 0 aliphatic carbocycles. The van der Waals surface area contributed by atoms with Gasteiger partial charge in [-0.1, -0.05) is 60.7 Å². The van der Waals surface area contributed by atoms with E-state index in [9.17, 15) is 9.59 Å². The third-order valence-corrected chi connectivity index (χ3v) is 9.97. The molecule has 4 unspecified atom stereocenters. The highest BCUT2D eigenvalue weighted by molar-refractivity contribution is 5.93. The molecule has 0 radical (unpaired) electrons. The fourth-order valence-electron chi connectivity index (χ4n) is 8.16. The molecule has 246 valence electrons. The van der Waals surface area contributed by atoms with E-state index in [1.54, 1.807) is 24.3 Å². The number of ether oxygens (including phenoxy) is 2. The lowest BCUT2D eigenvalue weighted by Gasteiger charge is -2.51. The summed E-state index contributed by atoms with van der Waals surface area (Å²) in [4.78, 5) is 27.0. The third-order valence-electron chi connectivity index (χ3n) is 9.97. The molecule has 4 atom stereocenters. The summed E-state index contributed by atoms with van der Waals surface area (Å²) in [6.45, 7) is 17.4. The molecule has 2 aliphatic rings. The van der Waals surface area contributed by atoms with Gasteiger partial charge in [0, 0.05) is 46.8 Å². The summed E-state index contributed by atoms with van der Waals surface area (Å²) in [6.07, 6.45) is 2.48. The minimum atomic E-state index is -0.374. The van der Waals surface area contributed by atoms with Crippen molar-refractivity contribution in [1.29, 1.82) is 0 Å². The van der Waals surface area contributed by atoms with Gasteiger partial charge in [-0.2, -0.15) is 0 Å². The number of nitrogens with one attached hydrogen (secondary N) is 2. The van der Waals surface area contributed by atoms with Gasteiger partial charge in [-0.15, -0.1) is 0 Å². The standard InChI is InChI=1S/C40H52N2O4/c1-37(2)25-33(31(39(5,6)41-37)23-27-15-11-9-12-16-27)45-35(43)29-19-21-30(22-20-29)36(44)46-34-26-38(3,4)42-40(7,8)32(34)24-28-17-13-10-14-18-28/h9-22,31-34,41-42H,23-26H2,1-8H3. The Morgan fingerprint density at radius 1 is 0.565 bits per heavy atom. The molecule has 6 heteroatoms. The first-order chi connectivity index (χ1) is 21.5. The maximum absolute atomic E-state index is 13.5. The van der Waals surface area contributed by atoms with Gasteiger partial charge in [-0.25, -0.2) is 9.59 Å². The Morgan fingerprint density at radius 2 is 0.891 bits per heavy atom. The first kappa shape index (κ1) is 33.9. The zero-order chi connectivity index (χ0) is 33.3. The zero-order valence-corrected chi connectivity index (χ0v) is 28.9. The molecule has 6 nitrogen and oxygen atoms in total. The van der Waals surface area contributed by atoms with Crippen LogP contribution in [0.4, 0.5) is 0 Å².